The fourth-order valence-corrected chi connectivity index (χ4v) is 3.48. The van der Waals surface area contributed by atoms with Crippen LogP contribution in [0.3, 0.4) is 0 Å². The smallest absolute Gasteiger partial charge is 0.00153 e. The topological polar surface area (TPSA) is 12.0 Å². The average molecular weight is 167 g/mol. The molecule has 1 heteroatoms. The molecule has 0 aromatic carbocycles. The van der Waals surface area contributed by atoms with Crippen molar-refractivity contribution in [1.82, 2.24) is 5.32 Å². The molecule has 0 radical (unpaired) electrons. The highest BCUT2D eigenvalue weighted by molar-refractivity contribution is 4.99. The lowest BCUT2D eigenvalue weighted by molar-refractivity contribution is -0.0271. The minimum Gasteiger partial charge on any atom is -0.316 e. The van der Waals surface area contributed by atoms with Gasteiger partial charge in [0.2, 0.25) is 0 Å². The molecule has 1 aliphatic heterocycles. The van der Waals surface area contributed by atoms with E-state index in [-0.39, 0.29) is 0 Å². The standard InChI is InChI=1S/C11H21N/c1-3-10-8-12-5-4-11(10)6-9(2)7-11/h9-10,12H,3-8H2,1-2H3. The molecule has 1 saturated carbocycles. The normalized spacial score (nSPS) is 47.5. The summed E-state index contributed by atoms with van der Waals surface area (Å²) in [6, 6.07) is 0. The van der Waals surface area contributed by atoms with E-state index in [1.54, 1.807) is 0 Å². The predicted octanol–water partition coefficient (Wildman–Crippen LogP) is 2.42. The Labute approximate surface area is 75.9 Å². The zero-order valence-corrected chi connectivity index (χ0v) is 8.40. The summed E-state index contributed by atoms with van der Waals surface area (Å²) < 4.78 is 0. The van der Waals surface area contributed by atoms with E-state index >= 15 is 0 Å². The maximum absolute atomic E-state index is 3.52. The predicted molar refractivity (Wildman–Crippen MR) is 52.1 cm³/mol. The summed E-state index contributed by atoms with van der Waals surface area (Å²) >= 11 is 0. The van der Waals surface area contributed by atoms with Gasteiger partial charge in [-0.1, -0.05) is 20.3 Å². The molecule has 2 aliphatic rings. The van der Waals surface area contributed by atoms with Crippen LogP contribution in [0.1, 0.15) is 39.5 Å². The Bertz CT molecular complexity index is 153. The summed E-state index contributed by atoms with van der Waals surface area (Å²) in [5.41, 5.74) is 0.777. The Hall–Kier alpha value is -0.0400. The summed E-state index contributed by atoms with van der Waals surface area (Å²) in [6.45, 7) is 7.30. The second-order valence-electron chi connectivity index (χ2n) is 4.94. The highest BCUT2D eigenvalue weighted by Gasteiger charge is 2.47. The lowest BCUT2D eigenvalue weighted by Gasteiger charge is -2.54. The van der Waals surface area contributed by atoms with Crippen LogP contribution >= 0.6 is 0 Å². The molecule has 2 fully saturated rings. The Kier molecular flexibility index (Phi) is 2.16. The molecule has 1 nitrogen and oxygen atoms in total. The van der Waals surface area contributed by atoms with Gasteiger partial charge in [0.25, 0.3) is 0 Å². The van der Waals surface area contributed by atoms with Crippen LogP contribution in [-0.4, -0.2) is 13.1 Å². The minimum absolute atomic E-state index is 0.777. The van der Waals surface area contributed by atoms with E-state index in [0.717, 1.165) is 17.3 Å². The van der Waals surface area contributed by atoms with Gasteiger partial charge in [0.05, 0.1) is 0 Å². The van der Waals surface area contributed by atoms with Crippen molar-refractivity contribution in [2.75, 3.05) is 13.1 Å². The Morgan fingerprint density at radius 2 is 2.17 bits per heavy atom. The first-order chi connectivity index (χ1) is 5.77. The van der Waals surface area contributed by atoms with Crippen LogP contribution in [0, 0.1) is 17.3 Å². The molecule has 1 saturated heterocycles. The van der Waals surface area contributed by atoms with Crippen LogP contribution in [0.4, 0.5) is 0 Å². The van der Waals surface area contributed by atoms with E-state index in [1.807, 2.05) is 0 Å². The van der Waals surface area contributed by atoms with Crippen molar-refractivity contribution in [2.24, 2.45) is 17.3 Å². The molecule has 0 bridgehead atoms. The van der Waals surface area contributed by atoms with E-state index in [4.69, 9.17) is 0 Å². The van der Waals surface area contributed by atoms with Gasteiger partial charge in [-0.2, -0.15) is 0 Å². The first kappa shape index (κ1) is 8.55. The van der Waals surface area contributed by atoms with Gasteiger partial charge in [0.1, 0.15) is 0 Å². The summed E-state index contributed by atoms with van der Waals surface area (Å²) in [5, 5.41) is 3.52. The molecule has 0 aromatic heterocycles. The van der Waals surface area contributed by atoms with Crippen molar-refractivity contribution >= 4 is 0 Å². The molecular weight excluding hydrogens is 146 g/mol. The van der Waals surface area contributed by atoms with E-state index in [0.29, 0.717) is 0 Å². The summed E-state index contributed by atoms with van der Waals surface area (Å²) in [5.74, 6) is 1.99. The third-order valence-electron chi connectivity index (χ3n) is 4.06. The van der Waals surface area contributed by atoms with Gasteiger partial charge in [-0.05, 0) is 49.6 Å². The number of piperidine rings is 1. The first-order valence-corrected chi connectivity index (χ1v) is 5.47. The van der Waals surface area contributed by atoms with E-state index in [2.05, 4.69) is 19.2 Å². The number of nitrogens with one attached hydrogen (secondary N) is 1. The Morgan fingerprint density at radius 3 is 2.75 bits per heavy atom. The van der Waals surface area contributed by atoms with Gasteiger partial charge in [-0.3, -0.25) is 0 Å². The van der Waals surface area contributed by atoms with E-state index in [9.17, 15) is 0 Å². The van der Waals surface area contributed by atoms with Crippen LogP contribution in [0.25, 0.3) is 0 Å². The fourth-order valence-electron chi connectivity index (χ4n) is 3.48. The monoisotopic (exact) mass is 167 g/mol. The van der Waals surface area contributed by atoms with Gasteiger partial charge < -0.3 is 5.32 Å². The molecule has 2 rings (SSSR count). The molecular formula is C11H21N. The SMILES string of the molecule is CCC1CNCCC12CC(C)C2. The lowest BCUT2D eigenvalue weighted by atomic mass is 9.53. The Morgan fingerprint density at radius 1 is 1.42 bits per heavy atom. The fraction of sp³-hybridized carbons (Fsp3) is 1.00. The van der Waals surface area contributed by atoms with Gasteiger partial charge >= 0.3 is 0 Å². The van der Waals surface area contributed by atoms with Crippen LogP contribution in [0.15, 0.2) is 0 Å². The highest BCUT2D eigenvalue weighted by atomic mass is 14.9. The van der Waals surface area contributed by atoms with Crippen molar-refractivity contribution in [1.29, 1.82) is 0 Å². The second-order valence-corrected chi connectivity index (χ2v) is 4.94. The number of hydrogen-bond donors (Lipinski definition) is 1. The van der Waals surface area contributed by atoms with Crippen molar-refractivity contribution in [3.05, 3.63) is 0 Å². The van der Waals surface area contributed by atoms with Crippen LogP contribution in [0.2, 0.25) is 0 Å². The van der Waals surface area contributed by atoms with E-state index in [1.165, 1.54) is 38.8 Å². The summed E-state index contributed by atoms with van der Waals surface area (Å²) in [6.07, 6.45) is 5.83. The average Bonchev–Trinajstić information content (AvgIpc) is 2.03. The molecule has 0 amide bonds. The number of hydrogen-bond acceptors (Lipinski definition) is 1. The maximum atomic E-state index is 3.52. The summed E-state index contributed by atoms with van der Waals surface area (Å²) in [7, 11) is 0. The van der Waals surface area contributed by atoms with Crippen molar-refractivity contribution in [3.63, 3.8) is 0 Å². The molecule has 1 N–H and O–H groups in total. The van der Waals surface area contributed by atoms with Crippen LogP contribution < -0.4 is 5.32 Å². The Balaban J connectivity index is 2.01. The summed E-state index contributed by atoms with van der Waals surface area (Å²) in [4.78, 5) is 0. The zero-order chi connectivity index (χ0) is 8.60. The van der Waals surface area contributed by atoms with E-state index < -0.39 is 0 Å². The second kappa shape index (κ2) is 3.02. The first-order valence-electron chi connectivity index (χ1n) is 5.47. The number of rotatable bonds is 1. The molecule has 1 heterocycles. The molecule has 0 aromatic rings. The van der Waals surface area contributed by atoms with Crippen molar-refractivity contribution < 1.29 is 0 Å². The molecule has 1 spiro atoms. The van der Waals surface area contributed by atoms with Crippen LogP contribution in [-0.2, 0) is 0 Å². The van der Waals surface area contributed by atoms with Crippen LogP contribution in [0.5, 0.6) is 0 Å². The largest absolute Gasteiger partial charge is 0.316 e. The lowest BCUT2D eigenvalue weighted by Crippen LogP contribution is -2.51. The molecule has 1 atom stereocenters. The van der Waals surface area contributed by atoms with Crippen molar-refractivity contribution in [3.8, 4) is 0 Å². The van der Waals surface area contributed by atoms with Gasteiger partial charge in [-0.25, -0.2) is 0 Å². The van der Waals surface area contributed by atoms with Gasteiger partial charge in [0.15, 0.2) is 0 Å². The molecule has 70 valence electrons. The third kappa shape index (κ3) is 1.19. The molecule has 1 aliphatic carbocycles. The highest BCUT2D eigenvalue weighted by Crippen LogP contribution is 2.54. The third-order valence-corrected chi connectivity index (χ3v) is 4.06. The van der Waals surface area contributed by atoms with Crippen molar-refractivity contribution in [2.45, 2.75) is 39.5 Å². The zero-order valence-electron chi connectivity index (χ0n) is 8.40. The molecule has 1 unspecified atom stereocenters. The van der Waals surface area contributed by atoms with Gasteiger partial charge in [0, 0.05) is 0 Å². The quantitative estimate of drug-likeness (QED) is 0.632. The van der Waals surface area contributed by atoms with Gasteiger partial charge in [-0.15, -0.1) is 0 Å². The molecule has 12 heavy (non-hydrogen) atoms. The maximum Gasteiger partial charge on any atom is -0.00153 e. The minimum atomic E-state index is 0.777.